The van der Waals surface area contributed by atoms with Crippen molar-refractivity contribution in [2.75, 3.05) is 11.5 Å². The van der Waals surface area contributed by atoms with E-state index in [2.05, 4.69) is 75.3 Å². The van der Waals surface area contributed by atoms with E-state index in [0.717, 1.165) is 11.5 Å². The lowest BCUT2D eigenvalue weighted by molar-refractivity contribution is 0.292. The summed E-state index contributed by atoms with van der Waals surface area (Å²) in [5.74, 6) is 6.04. The second-order valence-corrected chi connectivity index (χ2v) is 8.85. The molecule has 1 aromatic carbocycles. The summed E-state index contributed by atoms with van der Waals surface area (Å²) in [6.45, 7) is 9.23. The van der Waals surface area contributed by atoms with Gasteiger partial charge in [-0.15, -0.1) is 29.9 Å². The first-order valence-corrected chi connectivity index (χ1v) is 8.82. The van der Waals surface area contributed by atoms with Gasteiger partial charge in [-0.1, -0.05) is 32.8 Å². The third kappa shape index (κ3) is 3.52. The molecule has 1 aliphatic rings. The van der Waals surface area contributed by atoms with Crippen LogP contribution in [0.5, 0.6) is 0 Å². The van der Waals surface area contributed by atoms with Gasteiger partial charge in [0.25, 0.3) is 0 Å². The zero-order valence-electron chi connectivity index (χ0n) is 12.2. The van der Waals surface area contributed by atoms with Crippen molar-refractivity contribution in [1.29, 1.82) is 0 Å². The Balaban J connectivity index is 2.08. The van der Waals surface area contributed by atoms with Crippen molar-refractivity contribution in [3.05, 3.63) is 34.9 Å². The van der Waals surface area contributed by atoms with Gasteiger partial charge in [0.05, 0.1) is 4.58 Å². The highest BCUT2D eigenvalue weighted by Gasteiger charge is 2.31. The average molecular weight is 290 g/mol. The lowest BCUT2D eigenvalue weighted by Gasteiger charge is -2.36. The molecule has 1 aliphatic heterocycles. The Kier molecular flexibility index (Phi) is 4.58. The molecule has 0 bridgehead atoms. The summed E-state index contributed by atoms with van der Waals surface area (Å²) in [7, 11) is 0. The second kappa shape index (κ2) is 5.85. The van der Waals surface area contributed by atoms with Crippen molar-refractivity contribution in [3.63, 3.8) is 0 Å². The van der Waals surface area contributed by atoms with E-state index in [4.69, 9.17) is 6.42 Å². The summed E-state index contributed by atoms with van der Waals surface area (Å²) in [5, 5.41) is 0. The third-order valence-electron chi connectivity index (χ3n) is 3.81. The van der Waals surface area contributed by atoms with Crippen molar-refractivity contribution in [3.8, 4) is 12.3 Å². The molecule has 2 heteroatoms. The molecule has 1 aromatic rings. The van der Waals surface area contributed by atoms with Crippen molar-refractivity contribution < 1.29 is 0 Å². The molecule has 0 aliphatic carbocycles. The number of hydrogen-bond acceptors (Lipinski definition) is 2. The highest BCUT2D eigenvalue weighted by Crippen LogP contribution is 2.49. The SMILES string of the molecule is C#Cc1ccc(C2SCC(C(C)(C)C)CS2)c(C)c1. The minimum Gasteiger partial charge on any atom is -0.142 e. The fourth-order valence-corrected chi connectivity index (χ4v) is 6.16. The van der Waals surface area contributed by atoms with Gasteiger partial charge in [0.2, 0.25) is 0 Å². The Bertz CT molecular complexity index is 483. The molecule has 0 radical (unpaired) electrons. The smallest absolute Gasteiger partial charge is 0.0754 e. The van der Waals surface area contributed by atoms with Crippen LogP contribution in [0.2, 0.25) is 0 Å². The topological polar surface area (TPSA) is 0 Å². The van der Waals surface area contributed by atoms with Gasteiger partial charge in [-0.3, -0.25) is 0 Å². The molecule has 1 fully saturated rings. The van der Waals surface area contributed by atoms with E-state index >= 15 is 0 Å². The van der Waals surface area contributed by atoms with Crippen LogP contribution in [0.15, 0.2) is 18.2 Å². The standard InChI is InChI=1S/C17H22S2/c1-6-13-7-8-15(12(2)9-13)16-18-10-14(11-19-16)17(3,4)5/h1,7-9,14,16H,10-11H2,2-5H3. The molecule has 0 spiro atoms. The fraction of sp³-hybridized carbons (Fsp3) is 0.529. The quantitative estimate of drug-likeness (QED) is 0.659. The molecule has 19 heavy (non-hydrogen) atoms. The lowest BCUT2D eigenvalue weighted by Crippen LogP contribution is -2.28. The van der Waals surface area contributed by atoms with Gasteiger partial charge < -0.3 is 0 Å². The first-order valence-electron chi connectivity index (χ1n) is 6.72. The van der Waals surface area contributed by atoms with E-state index in [1.165, 1.54) is 22.6 Å². The predicted molar refractivity (Wildman–Crippen MR) is 89.7 cm³/mol. The Labute approximate surface area is 126 Å². The molecular weight excluding hydrogens is 268 g/mol. The average Bonchev–Trinajstić information content (AvgIpc) is 2.37. The van der Waals surface area contributed by atoms with E-state index in [1.54, 1.807) is 0 Å². The highest BCUT2D eigenvalue weighted by atomic mass is 32.2. The van der Waals surface area contributed by atoms with E-state index in [0.29, 0.717) is 10.00 Å². The first kappa shape index (κ1) is 14.9. The monoisotopic (exact) mass is 290 g/mol. The third-order valence-corrected chi connectivity index (χ3v) is 6.93. The lowest BCUT2D eigenvalue weighted by atomic mass is 9.83. The van der Waals surface area contributed by atoms with Gasteiger partial charge in [-0.05, 0) is 53.0 Å². The minimum absolute atomic E-state index is 0.424. The molecule has 1 heterocycles. The first-order chi connectivity index (χ1) is 8.91. The summed E-state index contributed by atoms with van der Waals surface area (Å²) in [6.07, 6.45) is 5.45. The maximum Gasteiger partial charge on any atom is 0.0754 e. The Morgan fingerprint density at radius 1 is 1.21 bits per heavy atom. The maximum atomic E-state index is 5.45. The zero-order chi connectivity index (χ0) is 14.0. The summed E-state index contributed by atoms with van der Waals surface area (Å²) < 4.78 is 0.574. The molecule has 0 aromatic heterocycles. The molecule has 1 saturated heterocycles. The van der Waals surface area contributed by atoms with Crippen LogP contribution in [0.4, 0.5) is 0 Å². The molecule has 0 atom stereocenters. The van der Waals surface area contributed by atoms with E-state index < -0.39 is 0 Å². The zero-order valence-corrected chi connectivity index (χ0v) is 13.8. The van der Waals surface area contributed by atoms with Crippen molar-refractivity contribution in [2.24, 2.45) is 11.3 Å². The number of benzene rings is 1. The molecule has 2 rings (SSSR count). The molecular formula is C17H22S2. The summed E-state index contributed by atoms with van der Waals surface area (Å²) in [5.41, 5.74) is 4.18. The summed E-state index contributed by atoms with van der Waals surface area (Å²) in [4.78, 5) is 0. The van der Waals surface area contributed by atoms with Crippen molar-refractivity contribution in [1.82, 2.24) is 0 Å². The fourth-order valence-electron chi connectivity index (χ4n) is 2.21. The summed E-state index contributed by atoms with van der Waals surface area (Å²) in [6, 6.07) is 6.41. The van der Waals surface area contributed by atoms with Crippen LogP contribution in [0.1, 0.15) is 42.0 Å². The van der Waals surface area contributed by atoms with Gasteiger partial charge in [-0.2, -0.15) is 0 Å². The van der Waals surface area contributed by atoms with Crippen molar-refractivity contribution >= 4 is 23.5 Å². The number of thioether (sulfide) groups is 2. The maximum absolute atomic E-state index is 5.45. The van der Waals surface area contributed by atoms with E-state index in [-0.39, 0.29) is 0 Å². The Hall–Kier alpha value is -0.520. The van der Waals surface area contributed by atoms with Gasteiger partial charge in [0, 0.05) is 5.56 Å². The normalized spacial score (nSPS) is 23.9. The van der Waals surface area contributed by atoms with Crippen LogP contribution in [-0.4, -0.2) is 11.5 Å². The number of rotatable bonds is 1. The van der Waals surface area contributed by atoms with Crippen LogP contribution in [0.3, 0.4) is 0 Å². The number of aryl methyl sites for hydroxylation is 1. The van der Waals surface area contributed by atoms with Crippen molar-refractivity contribution in [2.45, 2.75) is 32.3 Å². The van der Waals surface area contributed by atoms with Crippen LogP contribution in [0.25, 0.3) is 0 Å². The van der Waals surface area contributed by atoms with Gasteiger partial charge in [-0.25, -0.2) is 0 Å². The van der Waals surface area contributed by atoms with Crippen LogP contribution < -0.4 is 0 Å². The van der Waals surface area contributed by atoms with Gasteiger partial charge in [0.15, 0.2) is 0 Å². The number of hydrogen-bond donors (Lipinski definition) is 0. The Morgan fingerprint density at radius 2 is 1.84 bits per heavy atom. The Morgan fingerprint density at radius 3 is 2.32 bits per heavy atom. The van der Waals surface area contributed by atoms with E-state index in [1.807, 2.05) is 0 Å². The van der Waals surface area contributed by atoms with Crippen LogP contribution >= 0.6 is 23.5 Å². The predicted octanol–water partition coefficient (Wildman–Crippen LogP) is 5.12. The largest absolute Gasteiger partial charge is 0.142 e. The van der Waals surface area contributed by atoms with E-state index in [9.17, 15) is 0 Å². The summed E-state index contributed by atoms with van der Waals surface area (Å²) >= 11 is 4.18. The molecule has 0 amide bonds. The van der Waals surface area contributed by atoms with Crippen LogP contribution in [0, 0.1) is 30.6 Å². The molecule has 0 N–H and O–H groups in total. The molecule has 0 unspecified atom stereocenters. The molecule has 0 nitrogen and oxygen atoms in total. The van der Waals surface area contributed by atoms with Gasteiger partial charge in [0.1, 0.15) is 0 Å². The minimum atomic E-state index is 0.424. The highest BCUT2D eigenvalue weighted by molar-refractivity contribution is 8.16. The van der Waals surface area contributed by atoms with Crippen LogP contribution in [-0.2, 0) is 0 Å². The van der Waals surface area contributed by atoms with Gasteiger partial charge >= 0.3 is 0 Å². The molecule has 102 valence electrons. The number of terminal acetylenes is 1. The molecule has 0 saturated carbocycles. The second-order valence-electron chi connectivity index (χ2n) is 6.28.